The number of benzene rings is 1. The van der Waals surface area contributed by atoms with Gasteiger partial charge in [-0.25, -0.2) is 9.97 Å². The molecule has 3 nitrogen and oxygen atoms in total. The lowest BCUT2D eigenvalue weighted by atomic mass is 10.2. The molecule has 0 aliphatic heterocycles. The van der Waals surface area contributed by atoms with Crippen LogP contribution in [0.4, 0.5) is 0 Å². The third kappa shape index (κ3) is 1.12. The van der Waals surface area contributed by atoms with Gasteiger partial charge in [0.15, 0.2) is 0 Å². The Labute approximate surface area is 84.5 Å². The van der Waals surface area contributed by atoms with Crippen LogP contribution in [-0.2, 0) is 0 Å². The normalized spacial score (nSPS) is 10.9. The summed E-state index contributed by atoms with van der Waals surface area (Å²) in [5, 5.41) is 0. The molecule has 0 saturated heterocycles. The van der Waals surface area contributed by atoms with E-state index in [9.17, 15) is 0 Å². The Bertz CT molecular complexity index is 554. The number of fused-ring (bicyclic) bond motifs is 1. The number of aromatic amines is 1. The summed E-state index contributed by atoms with van der Waals surface area (Å²) >= 11 is 1.65. The maximum Gasteiger partial charge on any atom is 0.137 e. The van der Waals surface area contributed by atoms with E-state index in [1.807, 2.05) is 17.8 Å². The van der Waals surface area contributed by atoms with Crippen LogP contribution >= 0.6 is 11.3 Å². The van der Waals surface area contributed by atoms with Gasteiger partial charge >= 0.3 is 0 Å². The second-order valence-corrected chi connectivity index (χ2v) is 3.86. The van der Waals surface area contributed by atoms with Crippen molar-refractivity contribution in [2.24, 2.45) is 0 Å². The Kier molecular flexibility index (Phi) is 1.61. The summed E-state index contributed by atoms with van der Waals surface area (Å²) in [5.74, 6) is 0.889. The molecule has 2 heterocycles. The van der Waals surface area contributed by atoms with Gasteiger partial charge in [-0.15, -0.1) is 11.3 Å². The maximum atomic E-state index is 4.27. The van der Waals surface area contributed by atoms with Crippen LogP contribution in [0.1, 0.15) is 0 Å². The maximum absolute atomic E-state index is 4.27. The SMILES string of the molecule is c1c[nH]c(-c2ccc3scnc3c2)n1. The van der Waals surface area contributed by atoms with Gasteiger partial charge in [-0.05, 0) is 18.2 Å². The summed E-state index contributed by atoms with van der Waals surface area (Å²) in [6, 6.07) is 6.18. The molecule has 0 unspecified atom stereocenters. The quantitative estimate of drug-likeness (QED) is 0.657. The highest BCUT2D eigenvalue weighted by atomic mass is 32.1. The zero-order valence-electron chi connectivity index (χ0n) is 7.27. The number of hydrogen-bond acceptors (Lipinski definition) is 3. The molecule has 3 aromatic rings. The fraction of sp³-hybridized carbons (Fsp3) is 0. The zero-order chi connectivity index (χ0) is 9.38. The number of nitrogens with one attached hydrogen (secondary N) is 1. The van der Waals surface area contributed by atoms with Gasteiger partial charge < -0.3 is 4.98 Å². The molecule has 0 radical (unpaired) electrons. The zero-order valence-corrected chi connectivity index (χ0v) is 8.08. The summed E-state index contributed by atoms with van der Waals surface area (Å²) in [6.07, 6.45) is 3.57. The largest absolute Gasteiger partial charge is 0.345 e. The van der Waals surface area contributed by atoms with Crippen LogP contribution in [-0.4, -0.2) is 15.0 Å². The van der Waals surface area contributed by atoms with Crippen molar-refractivity contribution in [2.45, 2.75) is 0 Å². The number of hydrogen-bond donors (Lipinski definition) is 1. The Morgan fingerprint density at radius 1 is 1.21 bits per heavy atom. The minimum atomic E-state index is 0.889. The second kappa shape index (κ2) is 2.92. The highest BCUT2D eigenvalue weighted by Crippen LogP contribution is 2.23. The van der Waals surface area contributed by atoms with Crippen LogP contribution in [0.15, 0.2) is 36.1 Å². The van der Waals surface area contributed by atoms with Crippen molar-refractivity contribution in [3.05, 3.63) is 36.1 Å². The fourth-order valence-electron chi connectivity index (χ4n) is 1.43. The number of aromatic nitrogens is 3. The van der Waals surface area contributed by atoms with E-state index >= 15 is 0 Å². The topological polar surface area (TPSA) is 41.6 Å². The third-order valence-electron chi connectivity index (χ3n) is 2.10. The third-order valence-corrected chi connectivity index (χ3v) is 2.91. The number of imidazole rings is 1. The summed E-state index contributed by atoms with van der Waals surface area (Å²) in [4.78, 5) is 11.5. The van der Waals surface area contributed by atoms with E-state index in [2.05, 4.69) is 27.1 Å². The predicted molar refractivity (Wildman–Crippen MR) is 57.2 cm³/mol. The number of nitrogens with zero attached hydrogens (tertiary/aromatic N) is 2. The first kappa shape index (κ1) is 7.70. The van der Waals surface area contributed by atoms with E-state index in [4.69, 9.17) is 0 Å². The minimum Gasteiger partial charge on any atom is -0.345 e. The van der Waals surface area contributed by atoms with Gasteiger partial charge in [0.05, 0.1) is 15.7 Å². The molecule has 0 saturated carbocycles. The van der Waals surface area contributed by atoms with Crippen LogP contribution in [0, 0.1) is 0 Å². The first-order valence-corrected chi connectivity index (χ1v) is 5.14. The molecule has 1 aromatic carbocycles. The Morgan fingerprint density at radius 3 is 3.07 bits per heavy atom. The molecule has 0 aliphatic rings. The van der Waals surface area contributed by atoms with E-state index in [1.54, 1.807) is 17.5 Å². The van der Waals surface area contributed by atoms with E-state index in [-0.39, 0.29) is 0 Å². The lowest BCUT2D eigenvalue weighted by molar-refractivity contribution is 1.31. The van der Waals surface area contributed by atoms with Gasteiger partial charge in [-0.2, -0.15) is 0 Å². The van der Waals surface area contributed by atoms with Crippen LogP contribution in [0.2, 0.25) is 0 Å². The number of H-pyrrole nitrogens is 1. The lowest BCUT2D eigenvalue weighted by Crippen LogP contribution is -1.79. The van der Waals surface area contributed by atoms with E-state index in [0.29, 0.717) is 0 Å². The molecular weight excluding hydrogens is 194 g/mol. The first-order valence-electron chi connectivity index (χ1n) is 4.26. The first-order chi connectivity index (χ1) is 6.93. The molecule has 0 atom stereocenters. The van der Waals surface area contributed by atoms with Gasteiger partial charge in [0.1, 0.15) is 5.82 Å². The lowest BCUT2D eigenvalue weighted by Gasteiger charge is -1.95. The van der Waals surface area contributed by atoms with E-state index in [0.717, 1.165) is 16.9 Å². The average molecular weight is 201 g/mol. The summed E-state index contributed by atoms with van der Waals surface area (Å²) in [7, 11) is 0. The smallest absolute Gasteiger partial charge is 0.137 e. The molecule has 0 aliphatic carbocycles. The monoisotopic (exact) mass is 201 g/mol. The van der Waals surface area contributed by atoms with Crippen molar-refractivity contribution in [2.75, 3.05) is 0 Å². The van der Waals surface area contributed by atoms with Crippen molar-refractivity contribution in [3.63, 3.8) is 0 Å². The van der Waals surface area contributed by atoms with Crippen molar-refractivity contribution in [3.8, 4) is 11.4 Å². The molecule has 0 bridgehead atoms. The van der Waals surface area contributed by atoms with Gasteiger partial charge in [0.2, 0.25) is 0 Å². The van der Waals surface area contributed by atoms with Gasteiger partial charge in [-0.3, -0.25) is 0 Å². The predicted octanol–water partition coefficient (Wildman–Crippen LogP) is 2.69. The molecule has 0 spiro atoms. The molecular formula is C10H7N3S. The van der Waals surface area contributed by atoms with Crippen LogP contribution in [0.3, 0.4) is 0 Å². The van der Waals surface area contributed by atoms with Crippen molar-refractivity contribution in [1.82, 2.24) is 15.0 Å². The molecule has 68 valence electrons. The summed E-state index contributed by atoms with van der Waals surface area (Å²) in [6.45, 7) is 0. The highest BCUT2D eigenvalue weighted by Gasteiger charge is 2.02. The van der Waals surface area contributed by atoms with Gasteiger partial charge in [0, 0.05) is 18.0 Å². The average Bonchev–Trinajstić information content (AvgIpc) is 2.88. The van der Waals surface area contributed by atoms with Crippen LogP contribution in [0.5, 0.6) is 0 Å². The fourth-order valence-corrected chi connectivity index (χ4v) is 2.09. The van der Waals surface area contributed by atoms with Crippen LogP contribution in [0.25, 0.3) is 21.6 Å². The number of thiazole rings is 1. The molecule has 1 N–H and O–H groups in total. The van der Waals surface area contributed by atoms with E-state index < -0.39 is 0 Å². The Hall–Kier alpha value is -1.68. The highest BCUT2D eigenvalue weighted by molar-refractivity contribution is 7.16. The molecule has 4 heteroatoms. The summed E-state index contributed by atoms with van der Waals surface area (Å²) in [5.41, 5.74) is 3.97. The Morgan fingerprint density at radius 2 is 2.21 bits per heavy atom. The van der Waals surface area contributed by atoms with E-state index in [1.165, 1.54) is 4.70 Å². The molecule has 0 amide bonds. The van der Waals surface area contributed by atoms with Gasteiger partial charge in [-0.1, -0.05) is 0 Å². The molecule has 14 heavy (non-hydrogen) atoms. The Balaban J connectivity index is 2.23. The van der Waals surface area contributed by atoms with Crippen molar-refractivity contribution >= 4 is 21.6 Å². The molecule has 3 rings (SSSR count). The minimum absolute atomic E-state index is 0.889. The van der Waals surface area contributed by atoms with Gasteiger partial charge in [0.25, 0.3) is 0 Å². The molecule has 2 aromatic heterocycles. The standard InChI is InChI=1S/C10H7N3S/c1-2-9-8(13-6-14-9)5-7(1)10-11-3-4-12-10/h1-6H,(H,11,12). The number of rotatable bonds is 1. The molecule has 0 fully saturated rings. The second-order valence-electron chi connectivity index (χ2n) is 2.97. The van der Waals surface area contributed by atoms with Crippen molar-refractivity contribution in [1.29, 1.82) is 0 Å². The summed E-state index contributed by atoms with van der Waals surface area (Å²) < 4.78 is 1.21. The van der Waals surface area contributed by atoms with Crippen LogP contribution < -0.4 is 0 Å². The van der Waals surface area contributed by atoms with Crippen molar-refractivity contribution < 1.29 is 0 Å².